The lowest BCUT2D eigenvalue weighted by Crippen LogP contribution is -2.32. The SMILES string of the molecule is CN(C(=O)c1cc2c(cc1F)nc(N)c1cncn12)C1COc2cc(C#CC3C4COCC34)ccc21. The van der Waals surface area contributed by atoms with E-state index in [4.69, 9.17) is 15.2 Å². The van der Waals surface area contributed by atoms with Gasteiger partial charge in [-0.25, -0.2) is 14.4 Å². The molecule has 3 aliphatic rings. The summed E-state index contributed by atoms with van der Waals surface area (Å²) in [5, 5.41) is 0. The molecule has 2 aliphatic heterocycles. The second kappa shape index (κ2) is 7.67. The van der Waals surface area contributed by atoms with Crippen molar-refractivity contribution in [3.63, 3.8) is 0 Å². The van der Waals surface area contributed by atoms with E-state index in [1.54, 1.807) is 24.0 Å². The highest BCUT2D eigenvalue weighted by molar-refractivity contribution is 5.98. The molecule has 36 heavy (non-hydrogen) atoms. The van der Waals surface area contributed by atoms with Crippen molar-refractivity contribution in [3.05, 3.63) is 65.4 Å². The highest BCUT2D eigenvalue weighted by Gasteiger charge is 2.53. The van der Waals surface area contributed by atoms with Gasteiger partial charge < -0.3 is 20.1 Å². The van der Waals surface area contributed by atoms with Crippen molar-refractivity contribution < 1.29 is 18.7 Å². The van der Waals surface area contributed by atoms with E-state index in [9.17, 15) is 4.79 Å². The van der Waals surface area contributed by atoms with Crippen molar-refractivity contribution in [2.45, 2.75) is 6.04 Å². The number of halogens is 1. The third kappa shape index (κ3) is 3.14. The van der Waals surface area contributed by atoms with E-state index in [1.807, 2.05) is 18.2 Å². The van der Waals surface area contributed by atoms with Gasteiger partial charge in [-0.15, -0.1) is 0 Å². The number of fused-ring (bicyclic) bond motifs is 5. The molecule has 0 spiro atoms. The average Bonchev–Trinajstić information content (AvgIpc) is 3.37. The summed E-state index contributed by atoms with van der Waals surface area (Å²) in [5.41, 5.74) is 9.15. The summed E-state index contributed by atoms with van der Waals surface area (Å²) in [4.78, 5) is 23.3. The van der Waals surface area contributed by atoms with Gasteiger partial charge in [0, 0.05) is 42.0 Å². The van der Waals surface area contributed by atoms with Crippen LogP contribution in [0.4, 0.5) is 10.2 Å². The standard InChI is InChI=1S/C27H22FN5O3/c1-32(27(34)17-7-22-21(8-20(17)28)31-26(29)23-9-30-13-33(22)23)24-12-36-25-6-14(3-5-16(24)25)2-4-15-18-10-35-11-19(15)18/h3,5-9,13,15,18-19,24H,10-12H2,1H3,(H2,29,31). The first-order chi connectivity index (χ1) is 17.5. The zero-order valence-electron chi connectivity index (χ0n) is 19.4. The molecule has 4 heterocycles. The summed E-state index contributed by atoms with van der Waals surface area (Å²) < 4.78 is 28.1. The van der Waals surface area contributed by atoms with Crippen LogP contribution in [0.3, 0.4) is 0 Å². The number of carbonyl (C=O) groups excluding carboxylic acids is 1. The molecule has 1 saturated heterocycles. The molecular weight excluding hydrogens is 461 g/mol. The van der Waals surface area contributed by atoms with Crippen molar-refractivity contribution in [1.82, 2.24) is 19.3 Å². The van der Waals surface area contributed by atoms with Gasteiger partial charge in [-0.3, -0.25) is 9.20 Å². The number of likely N-dealkylation sites (N-methyl/N-ethyl adjacent to an activating group) is 1. The number of rotatable bonds is 2. The Kier molecular flexibility index (Phi) is 4.51. The number of ether oxygens (including phenoxy) is 2. The van der Waals surface area contributed by atoms with E-state index >= 15 is 4.39 Å². The molecule has 2 aromatic heterocycles. The molecule has 1 aliphatic carbocycles. The number of nitrogens with two attached hydrogens (primary N) is 1. The first kappa shape index (κ1) is 21.1. The molecule has 2 aromatic carbocycles. The van der Waals surface area contributed by atoms with Gasteiger partial charge in [0.15, 0.2) is 0 Å². The van der Waals surface area contributed by atoms with Crippen molar-refractivity contribution >= 4 is 28.3 Å². The predicted octanol–water partition coefficient (Wildman–Crippen LogP) is 3.05. The van der Waals surface area contributed by atoms with E-state index in [1.165, 1.54) is 17.0 Å². The summed E-state index contributed by atoms with van der Waals surface area (Å²) in [6.45, 7) is 1.92. The third-order valence-electron chi connectivity index (χ3n) is 7.59. The van der Waals surface area contributed by atoms with Crippen LogP contribution in [0.5, 0.6) is 5.75 Å². The van der Waals surface area contributed by atoms with E-state index in [2.05, 4.69) is 21.8 Å². The summed E-state index contributed by atoms with van der Waals surface area (Å²) in [7, 11) is 1.66. The van der Waals surface area contributed by atoms with Gasteiger partial charge in [-0.2, -0.15) is 0 Å². The summed E-state index contributed by atoms with van der Waals surface area (Å²) in [6, 6.07) is 8.19. The fourth-order valence-electron chi connectivity index (χ4n) is 5.40. The van der Waals surface area contributed by atoms with Crippen LogP contribution in [0.2, 0.25) is 0 Å². The third-order valence-corrected chi connectivity index (χ3v) is 7.59. The normalized spacial score (nSPS) is 23.6. The Morgan fingerprint density at radius 1 is 1.19 bits per heavy atom. The minimum Gasteiger partial charge on any atom is -0.491 e. The fourth-order valence-corrected chi connectivity index (χ4v) is 5.40. The Hall–Kier alpha value is -4.16. The van der Waals surface area contributed by atoms with Gasteiger partial charge in [0.05, 0.1) is 48.4 Å². The number of carbonyl (C=O) groups is 1. The van der Waals surface area contributed by atoms with Gasteiger partial charge in [0.2, 0.25) is 0 Å². The van der Waals surface area contributed by atoms with Gasteiger partial charge in [0.1, 0.15) is 29.5 Å². The first-order valence-electron chi connectivity index (χ1n) is 11.8. The summed E-state index contributed by atoms with van der Waals surface area (Å²) in [6.07, 6.45) is 3.14. The number of benzene rings is 2. The lowest BCUT2D eigenvalue weighted by Gasteiger charge is -2.24. The van der Waals surface area contributed by atoms with E-state index < -0.39 is 11.7 Å². The molecule has 0 radical (unpaired) electrons. The number of aromatic nitrogens is 3. The van der Waals surface area contributed by atoms with Crippen molar-refractivity contribution in [2.75, 3.05) is 32.6 Å². The van der Waals surface area contributed by atoms with Crippen LogP contribution in [0.25, 0.3) is 16.6 Å². The topological polar surface area (TPSA) is 95.0 Å². The van der Waals surface area contributed by atoms with Crippen LogP contribution < -0.4 is 10.5 Å². The summed E-state index contributed by atoms with van der Waals surface area (Å²) in [5.74, 6) is 8.05. The molecule has 2 N–H and O–H groups in total. The maximum atomic E-state index is 15.1. The van der Waals surface area contributed by atoms with E-state index in [0.29, 0.717) is 40.1 Å². The molecule has 7 rings (SSSR count). The number of anilines is 1. The molecule has 1 amide bonds. The smallest absolute Gasteiger partial charge is 0.257 e. The van der Waals surface area contributed by atoms with E-state index in [-0.39, 0.29) is 24.0 Å². The Labute approximate surface area is 205 Å². The van der Waals surface area contributed by atoms with Crippen molar-refractivity contribution in [3.8, 4) is 17.6 Å². The first-order valence-corrected chi connectivity index (χ1v) is 11.8. The van der Waals surface area contributed by atoms with Crippen LogP contribution in [0.1, 0.15) is 27.5 Å². The van der Waals surface area contributed by atoms with Crippen LogP contribution in [0.15, 0.2) is 42.9 Å². The molecule has 9 heteroatoms. The molecule has 4 aromatic rings. The quantitative estimate of drug-likeness (QED) is 0.441. The number of nitrogen functional groups attached to an aromatic ring is 1. The van der Waals surface area contributed by atoms with Gasteiger partial charge in [-0.05, 0) is 18.2 Å². The number of hydrogen-bond donors (Lipinski definition) is 1. The molecule has 0 bridgehead atoms. The van der Waals surface area contributed by atoms with Crippen LogP contribution in [0, 0.1) is 35.4 Å². The van der Waals surface area contributed by atoms with E-state index in [0.717, 1.165) is 24.3 Å². The van der Waals surface area contributed by atoms with Gasteiger partial charge >= 0.3 is 0 Å². The van der Waals surface area contributed by atoms with Crippen LogP contribution in [-0.4, -0.2) is 52.0 Å². The minimum absolute atomic E-state index is 0.0542. The Balaban J connectivity index is 1.16. The van der Waals surface area contributed by atoms with Gasteiger partial charge in [0.25, 0.3) is 5.91 Å². The second-order valence-electron chi connectivity index (χ2n) is 9.62. The Bertz CT molecular complexity index is 1630. The molecule has 180 valence electrons. The Morgan fingerprint density at radius 3 is 2.86 bits per heavy atom. The average molecular weight is 484 g/mol. The number of amides is 1. The van der Waals surface area contributed by atoms with Crippen LogP contribution >= 0.6 is 0 Å². The van der Waals surface area contributed by atoms with Crippen LogP contribution in [-0.2, 0) is 4.74 Å². The minimum atomic E-state index is -0.661. The summed E-state index contributed by atoms with van der Waals surface area (Å²) >= 11 is 0. The zero-order valence-corrected chi connectivity index (χ0v) is 19.4. The maximum absolute atomic E-state index is 15.1. The highest BCUT2D eigenvalue weighted by atomic mass is 19.1. The van der Waals surface area contributed by atoms with Crippen molar-refractivity contribution in [1.29, 1.82) is 0 Å². The maximum Gasteiger partial charge on any atom is 0.257 e. The van der Waals surface area contributed by atoms with Gasteiger partial charge in [-0.1, -0.05) is 17.9 Å². The zero-order chi connectivity index (χ0) is 24.6. The highest BCUT2D eigenvalue weighted by Crippen LogP contribution is 2.50. The number of imidazole rings is 1. The molecule has 3 atom stereocenters. The number of hydrogen-bond acceptors (Lipinski definition) is 6. The fraction of sp³-hybridized carbons (Fsp3) is 0.296. The molecule has 1 saturated carbocycles. The predicted molar refractivity (Wildman–Crippen MR) is 130 cm³/mol. The second-order valence-corrected chi connectivity index (χ2v) is 9.62. The monoisotopic (exact) mass is 483 g/mol. The molecule has 3 unspecified atom stereocenters. The van der Waals surface area contributed by atoms with Crippen molar-refractivity contribution in [2.24, 2.45) is 17.8 Å². The Morgan fingerprint density at radius 2 is 2.03 bits per heavy atom. The molecular formula is C27H22FN5O3. The lowest BCUT2D eigenvalue weighted by atomic mass is 10.0. The largest absolute Gasteiger partial charge is 0.491 e. The molecule has 8 nitrogen and oxygen atoms in total. The molecule has 2 fully saturated rings. The lowest BCUT2D eigenvalue weighted by molar-refractivity contribution is 0.0704. The number of nitrogens with zero attached hydrogens (tertiary/aromatic N) is 4.